The molecule has 0 spiro atoms. The quantitative estimate of drug-likeness (QED) is 0.375. The second-order valence-electron chi connectivity index (χ2n) is 2.36. The van der Waals surface area contributed by atoms with E-state index in [9.17, 15) is 0 Å². The topological polar surface area (TPSA) is 76.4 Å². The van der Waals surface area contributed by atoms with E-state index in [2.05, 4.69) is 10.5 Å². The van der Waals surface area contributed by atoms with Gasteiger partial charge in [-0.15, -0.1) is 17.5 Å². The van der Waals surface area contributed by atoms with Crippen molar-refractivity contribution >= 4 is 18.4 Å². The number of halogens is 1. The van der Waals surface area contributed by atoms with Gasteiger partial charge in [0.25, 0.3) is 0 Å². The summed E-state index contributed by atoms with van der Waals surface area (Å²) in [7, 11) is 0. The van der Waals surface area contributed by atoms with E-state index in [4.69, 9.17) is 11.5 Å². The van der Waals surface area contributed by atoms with Gasteiger partial charge in [-0.2, -0.15) is 0 Å². The van der Waals surface area contributed by atoms with Gasteiger partial charge in [-0.1, -0.05) is 30.3 Å². The van der Waals surface area contributed by atoms with Crippen LogP contribution in [0.15, 0.2) is 35.4 Å². The highest BCUT2D eigenvalue weighted by atomic mass is 35.5. The molecular weight excluding hydrogens is 188 g/mol. The van der Waals surface area contributed by atoms with Crippen molar-refractivity contribution in [3.8, 4) is 0 Å². The SMILES string of the molecule is Cl.NC(N)=NNCc1ccccc1. The first-order valence-corrected chi connectivity index (χ1v) is 3.64. The monoisotopic (exact) mass is 200 g/mol. The van der Waals surface area contributed by atoms with Crippen LogP contribution in [0.3, 0.4) is 0 Å². The fourth-order valence-corrected chi connectivity index (χ4v) is 0.818. The molecule has 0 saturated carbocycles. The summed E-state index contributed by atoms with van der Waals surface area (Å²) < 4.78 is 0. The van der Waals surface area contributed by atoms with Crippen molar-refractivity contribution in [1.29, 1.82) is 0 Å². The van der Waals surface area contributed by atoms with Crippen LogP contribution >= 0.6 is 12.4 Å². The fourth-order valence-electron chi connectivity index (χ4n) is 0.818. The van der Waals surface area contributed by atoms with Crippen LogP contribution in [0.4, 0.5) is 0 Å². The molecule has 0 radical (unpaired) electrons. The van der Waals surface area contributed by atoms with Crippen LogP contribution in [0.25, 0.3) is 0 Å². The van der Waals surface area contributed by atoms with E-state index < -0.39 is 0 Å². The van der Waals surface area contributed by atoms with Crippen molar-refractivity contribution in [2.45, 2.75) is 6.54 Å². The molecule has 5 heteroatoms. The van der Waals surface area contributed by atoms with Crippen molar-refractivity contribution in [3.05, 3.63) is 35.9 Å². The number of nitrogens with one attached hydrogen (secondary N) is 1. The molecule has 0 aliphatic heterocycles. The molecule has 13 heavy (non-hydrogen) atoms. The van der Waals surface area contributed by atoms with Crippen LogP contribution in [-0.2, 0) is 6.54 Å². The molecule has 0 unspecified atom stereocenters. The minimum Gasteiger partial charge on any atom is -0.369 e. The molecule has 0 saturated heterocycles. The predicted octanol–water partition coefficient (Wildman–Crippen LogP) is 0.386. The number of hydrogen-bond acceptors (Lipinski definition) is 2. The second kappa shape index (κ2) is 6.14. The Bertz CT molecular complexity index is 256. The first-order valence-electron chi connectivity index (χ1n) is 3.64. The van der Waals surface area contributed by atoms with Crippen LogP contribution in [0.1, 0.15) is 5.56 Å². The minimum absolute atomic E-state index is 0. The van der Waals surface area contributed by atoms with E-state index in [0.717, 1.165) is 5.56 Å². The first kappa shape index (κ1) is 11.6. The van der Waals surface area contributed by atoms with E-state index in [-0.39, 0.29) is 18.4 Å². The molecule has 0 atom stereocenters. The fraction of sp³-hybridized carbons (Fsp3) is 0.125. The third-order valence-corrected chi connectivity index (χ3v) is 1.33. The lowest BCUT2D eigenvalue weighted by Gasteiger charge is -1.99. The number of rotatable bonds is 3. The lowest BCUT2D eigenvalue weighted by molar-refractivity contribution is 0.741. The summed E-state index contributed by atoms with van der Waals surface area (Å²) in [5, 5.41) is 3.64. The number of benzene rings is 1. The molecule has 0 aliphatic carbocycles. The van der Waals surface area contributed by atoms with Crippen molar-refractivity contribution in [2.75, 3.05) is 0 Å². The molecule has 0 aromatic heterocycles. The Labute approximate surface area is 83.4 Å². The van der Waals surface area contributed by atoms with E-state index in [1.54, 1.807) is 0 Å². The summed E-state index contributed by atoms with van der Waals surface area (Å²) in [4.78, 5) is 0. The second-order valence-corrected chi connectivity index (χ2v) is 2.36. The molecule has 1 rings (SSSR count). The van der Waals surface area contributed by atoms with Gasteiger partial charge in [0.2, 0.25) is 5.96 Å². The molecule has 72 valence electrons. The molecule has 5 N–H and O–H groups in total. The lowest BCUT2D eigenvalue weighted by atomic mass is 10.2. The molecule has 0 amide bonds. The van der Waals surface area contributed by atoms with Crippen LogP contribution < -0.4 is 16.9 Å². The number of nitrogens with zero attached hydrogens (tertiary/aromatic N) is 1. The molecule has 1 aromatic carbocycles. The Morgan fingerprint density at radius 3 is 2.38 bits per heavy atom. The maximum atomic E-state index is 5.12. The summed E-state index contributed by atoms with van der Waals surface area (Å²) in [6.07, 6.45) is 0. The molecular formula is C8H13ClN4. The summed E-state index contributed by atoms with van der Waals surface area (Å²) in [5.74, 6) is 0.0472. The van der Waals surface area contributed by atoms with Gasteiger partial charge in [0.15, 0.2) is 0 Å². The Kier molecular flexibility index (Phi) is 5.47. The van der Waals surface area contributed by atoms with Crippen LogP contribution in [0, 0.1) is 0 Å². The molecule has 0 heterocycles. The van der Waals surface area contributed by atoms with Gasteiger partial charge in [-0.05, 0) is 5.56 Å². The van der Waals surface area contributed by atoms with Crippen molar-refractivity contribution < 1.29 is 0 Å². The highest BCUT2D eigenvalue weighted by molar-refractivity contribution is 5.85. The Morgan fingerprint density at radius 2 is 1.85 bits per heavy atom. The normalized spacial score (nSPS) is 8.31. The molecule has 0 bridgehead atoms. The number of hydrazone groups is 1. The lowest BCUT2D eigenvalue weighted by Crippen LogP contribution is -2.26. The molecule has 0 aliphatic rings. The van der Waals surface area contributed by atoms with E-state index in [1.807, 2.05) is 30.3 Å². The van der Waals surface area contributed by atoms with Gasteiger partial charge in [-0.3, -0.25) is 0 Å². The maximum Gasteiger partial charge on any atom is 0.208 e. The Morgan fingerprint density at radius 1 is 1.23 bits per heavy atom. The van der Waals surface area contributed by atoms with Crippen LogP contribution in [0.5, 0.6) is 0 Å². The average molecular weight is 201 g/mol. The maximum absolute atomic E-state index is 5.12. The van der Waals surface area contributed by atoms with Gasteiger partial charge < -0.3 is 16.9 Å². The number of nitrogens with two attached hydrogens (primary N) is 2. The van der Waals surface area contributed by atoms with Gasteiger partial charge in [0.05, 0.1) is 6.54 Å². The predicted molar refractivity (Wildman–Crippen MR) is 56.3 cm³/mol. The molecule has 4 nitrogen and oxygen atoms in total. The largest absolute Gasteiger partial charge is 0.369 e. The zero-order valence-electron chi connectivity index (χ0n) is 7.10. The summed E-state index contributed by atoms with van der Waals surface area (Å²) in [6, 6.07) is 9.88. The Hall–Kier alpha value is -1.42. The van der Waals surface area contributed by atoms with E-state index >= 15 is 0 Å². The first-order chi connectivity index (χ1) is 5.79. The van der Waals surface area contributed by atoms with Crippen molar-refractivity contribution in [2.24, 2.45) is 16.6 Å². The van der Waals surface area contributed by atoms with Crippen LogP contribution in [0.2, 0.25) is 0 Å². The Balaban J connectivity index is 0.00000144. The highest BCUT2D eigenvalue weighted by Gasteiger charge is 1.87. The van der Waals surface area contributed by atoms with Gasteiger partial charge >= 0.3 is 0 Å². The van der Waals surface area contributed by atoms with E-state index in [0.29, 0.717) is 6.54 Å². The van der Waals surface area contributed by atoms with Gasteiger partial charge in [-0.25, -0.2) is 0 Å². The highest BCUT2D eigenvalue weighted by Crippen LogP contribution is 1.96. The summed E-state index contributed by atoms with van der Waals surface area (Å²) in [5.41, 5.74) is 14.1. The van der Waals surface area contributed by atoms with Gasteiger partial charge in [0.1, 0.15) is 0 Å². The van der Waals surface area contributed by atoms with Gasteiger partial charge in [0, 0.05) is 0 Å². The average Bonchev–Trinajstić information content (AvgIpc) is 2.05. The standard InChI is InChI=1S/C8H12N4.ClH/c9-8(10)12-11-6-7-4-2-1-3-5-7;/h1-5,11H,6H2,(H4,9,10,12);1H. The third kappa shape index (κ3) is 4.92. The number of hydrogen-bond donors (Lipinski definition) is 3. The van der Waals surface area contributed by atoms with E-state index in [1.165, 1.54) is 0 Å². The zero-order chi connectivity index (χ0) is 8.81. The molecule has 1 aromatic rings. The van der Waals surface area contributed by atoms with Crippen molar-refractivity contribution in [3.63, 3.8) is 0 Å². The third-order valence-electron chi connectivity index (χ3n) is 1.33. The van der Waals surface area contributed by atoms with Crippen molar-refractivity contribution in [1.82, 2.24) is 5.43 Å². The smallest absolute Gasteiger partial charge is 0.208 e. The minimum atomic E-state index is 0. The zero-order valence-corrected chi connectivity index (χ0v) is 7.92. The molecule has 0 fully saturated rings. The summed E-state index contributed by atoms with van der Waals surface area (Å²) >= 11 is 0. The number of guanidine groups is 1. The summed E-state index contributed by atoms with van der Waals surface area (Å²) in [6.45, 7) is 0.638. The van der Waals surface area contributed by atoms with Crippen LogP contribution in [-0.4, -0.2) is 5.96 Å².